The van der Waals surface area contributed by atoms with E-state index in [0.29, 0.717) is 11.6 Å². The molecule has 0 amide bonds. The van der Waals surface area contributed by atoms with Crippen LogP contribution >= 0.6 is 11.3 Å². The maximum Gasteiger partial charge on any atom is 0.153 e. The van der Waals surface area contributed by atoms with Gasteiger partial charge in [-0.15, -0.1) is 11.3 Å². The molecule has 20 heavy (non-hydrogen) atoms. The molecule has 0 unspecified atom stereocenters. The number of nitrogens with zero attached hydrogens (tertiary/aromatic N) is 4. The molecule has 5 heteroatoms. The summed E-state index contributed by atoms with van der Waals surface area (Å²) in [6.45, 7) is 6.26. The molecule has 0 N–H and O–H groups in total. The topological polar surface area (TPSA) is 54.5 Å². The molecular weight excluding hydrogens is 268 g/mol. The quantitative estimate of drug-likeness (QED) is 0.715. The van der Waals surface area contributed by atoms with Gasteiger partial charge in [-0.2, -0.15) is 5.26 Å². The predicted molar refractivity (Wildman–Crippen MR) is 80.7 cm³/mol. The number of fused-ring (bicyclic) bond motifs is 1. The smallest absolute Gasteiger partial charge is 0.153 e. The number of nitriles is 1. The summed E-state index contributed by atoms with van der Waals surface area (Å²) in [6.07, 6.45) is 1.87. The summed E-state index contributed by atoms with van der Waals surface area (Å²) >= 11 is 1.64. The van der Waals surface area contributed by atoms with Crippen LogP contribution in [0.5, 0.6) is 0 Å². The van der Waals surface area contributed by atoms with Crippen LogP contribution < -0.4 is 0 Å². The van der Waals surface area contributed by atoms with E-state index in [-0.39, 0.29) is 0 Å². The number of aryl methyl sites for hydroxylation is 1. The van der Waals surface area contributed by atoms with Gasteiger partial charge in [-0.1, -0.05) is 0 Å². The van der Waals surface area contributed by atoms with Crippen LogP contribution in [0.1, 0.15) is 30.5 Å². The summed E-state index contributed by atoms with van der Waals surface area (Å²) in [5, 5.41) is 10.0. The zero-order valence-corrected chi connectivity index (χ0v) is 12.4. The van der Waals surface area contributed by atoms with Crippen molar-refractivity contribution in [2.24, 2.45) is 0 Å². The highest BCUT2D eigenvalue weighted by atomic mass is 32.1. The van der Waals surface area contributed by atoms with Crippen molar-refractivity contribution in [3.8, 4) is 16.8 Å². The molecule has 0 atom stereocenters. The molecule has 0 aliphatic heterocycles. The van der Waals surface area contributed by atoms with E-state index in [0.717, 1.165) is 26.7 Å². The highest BCUT2D eigenvalue weighted by Gasteiger charge is 2.16. The molecular formula is C15H14N4S. The molecule has 0 saturated heterocycles. The molecule has 2 heterocycles. The summed E-state index contributed by atoms with van der Waals surface area (Å²) < 4.78 is 2.20. The van der Waals surface area contributed by atoms with Gasteiger partial charge in [0.25, 0.3) is 0 Å². The zero-order chi connectivity index (χ0) is 14.3. The minimum Gasteiger partial charge on any atom is -0.321 e. The molecule has 0 fully saturated rings. The fraction of sp³-hybridized carbons (Fsp3) is 0.267. The van der Waals surface area contributed by atoms with Gasteiger partial charge >= 0.3 is 0 Å². The third-order valence-electron chi connectivity index (χ3n) is 3.18. The Morgan fingerprint density at radius 1 is 1.35 bits per heavy atom. The number of rotatable bonds is 2. The van der Waals surface area contributed by atoms with Crippen molar-refractivity contribution < 1.29 is 0 Å². The minimum absolute atomic E-state index is 0.297. The number of thiazole rings is 1. The molecule has 0 aliphatic rings. The summed E-state index contributed by atoms with van der Waals surface area (Å²) in [6, 6.07) is 8.11. The molecule has 2 aromatic heterocycles. The number of imidazole rings is 1. The number of hydrogen-bond acceptors (Lipinski definition) is 4. The average molecular weight is 282 g/mol. The molecule has 3 aromatic rings. The zero-order valence-electron chi connectivity index (χ0n) is 11.6. The molecule has 3 rings (SSSR count). The van der Waals surface area contributed by atoms with E-state index < -0.39 is 0 Å². The SMILES string of the molecule is Cc1ncc(-c2nc3cc(C#N)ccc3n2C(C)C)s1. The lowest BCUT2D eigenvalue weighted by molar-refractivity contribution is 0.625. The van der Waals surface area contributed by atoms with Gasteiger partial charge in [0.1, 0.15) is 0 Å². The van der Waals surface area contributed by atoms with Gasteiger partial charge in [0.15, 0.2) is 5.82 Å². The Morgan fingerprint density at radius 3 is 2.75 bits per heavy atom. The molecule has 0 saturated carbocycles. The van der Waals surface area contributed by atoms with Gasteiger partial charge in [-0.05, 0) is 39.0 Å². The second kappa shape index (κ2) is 4.73. The van der Waals surface area contributed by atoms with Crippen LogP contribution in [0.4, 0.5) is 0 Å². The Kier molecular flexibility index (Phi) is 3.03. The van der Waals surface area contributed by atoms with Gasteiger partial charge < -0.3 is 4.57 Å². The maximum absolute atomic E-state index is 9.01. The van der Waals surface area contributed by atoms with E-state index in [9.17, 15) is 0 Å². The van der Waals surface area contributed by atoms with Crippen molar-refractivity contribution in [2.75, 3.05) is 0 Å². The fourth-order valence-corrected chi connectivity index (χ4v) is 3.09. The third-order valence-corrected chi connectivity index (χ3v) is 4.09. The van der Waals surface area contributed by atoms with E-state index in [1.54, 1.807) is 11.3 Å². The Hall–Kier alpha value is -2.19. The van der Waals surface area contributed by atoms with E-state index >= 15 is 0 Å². The van der Waals surface area contributed by atoms with Gasteiger partial charge in [0.2, 0.25) is 0 Å². The van der Waals surface area contributed by atoms with E-state index in [4.69, 9.17) is 10.2 Å². The van der Waals surface area contributed by atoms with Crippen LogP contribution in [-0.4, -0.2) is 14.5 Å². The lowest BCUT2D eigenvalue weighted by Crippen LogP contribution is -2.02. The second-order valence-corrected chi connectivity index (χ2v) is 6.19. The normalized spacial score (nSPS) is 11.2. The monoisotopic (exact) mass is 282 g/mol. The highest BCUT2D eigenvalue weighted by molar-refractivity contribution is 7.15. The number of aromatic nitrogens is 3. The molecule has 0 radical (unpaired) electrons. The van der Waals surface area contributed by atoms with Crippen LogP contribution in [0, 0.1) is 18.3 Å². The van der Waals surface area contributed by atoms with Gasteiger partial charge in [0.05, 0.1) is 32.6 Å². The predicted octanol–water partition coefficient (Wildman–Crippen LogP) is 3.92. The van der Waals surface area contributed by atoms with Crippen LogP contribution in [0.2, 0.25) is 0 Å². The van der Waals surface area contributed by atoms with Crippen LogP contribution in [-0.2, 0) is 0 Å². The van der Waals surface area contributed by atoms with Crippen molar-refractivity contribution in [2.45, 2.75) is 26.8 Å². The average Bonchev–Trinajstić information content (AvgIpc) is 3.00. The summed E-state index contributed by atoms with van der Waals surface area (Å²) in [7, 11) is 0. The van der Waals surface area contributed by atoms with Crippen molar-refractivity contribution in [1.29, 1.82) is 5.26 Å². The molecule has 0 aliphatic carbocycles. The summed E-state index contributed by atoms with van der Waals surface area (Å²) in [4.78, 5) is 10.1. The first kappa shape index (κ1) is 12.8. The Morgan fingerprint density at radius 2 is 2.15 bits per heavy atom. The molecule has 4 nitrogen and oxygen atoms in total. The largest absolute Gasteiger partial charge is 0.321 e. The van der Waals surface area contributed by atoms with E-state index in [1.807, 2.05) is 31.3 Å². The third kappa shape index (κ3) is 1.98. The Balaban J connectivity index is 2.31. The van der Waals surface area contributed by atoms with Crippen LogP contribution in [0.25, 0.3) is 21.7 Å². The first-order valence-electron chi connectivity index (χ1n) is 6.45. The van der Waals surface area contributed by atoms with Crippen molar-refractivity contribution in [3.05, 3.63) is 35.0 Å². The number of benzene rings is 1. The fourth-order valence-electron chi connectivity index (χ4n) is 2.33. The van der Waals surface area contributed by atoms with Crippen LogP contribution in [0.3, 0.4) is 0 Å². The number of hydrogen-bond donors (Lipinski definition) is 0. The Bertz CT molecular complexity index is 820. The molecule has 0 spiro atoms. The van der Waals surface area contributed by atoms with E-state index in [1.165, 1.54) is 0 Å². The van der Waals surface area contributed by atoms with Gasteiger partial charge in [-0.3, -0.25) is 0 Å². The molecule has 0 bridgehead atoms. The first-order valence-corrected chi connectivity index (χ1v) is 7.26. The summed E-state index contributed by atoms with van der Waals surface area (Å²) in [5.41, 5.74) is 2.55. The molecule has 100 valence electrons. The van der Waals surface area contributed by atoms with Crippen molar-refractivity contribution in [3.63, 3.8) is 0 Å². The van der Waals surface area contributed by atoms with Gasteiger partial charge in [-0.25, -0.2) is 9.97 Å². The van der Waals surface area contributed by atoms with Crippen molar-refractivity contribution >= 4 is 22.4 Å². The lowest BCUT2D eigenvalue weighted by atomic mass is 10.2. The van der Waals surface area contributed by atoms with Gasteiger partial charge in [0, 0.05) is 12.2 Å². The lowest BCUT2D eigenvalue weighted by Gasteiger charge is -2.11. The standard InChI is InChI=1S/C15H14N4S/c1-9(2)19-13-5-4-11(7-16)6-12(13)18-15(19)14-8-17-10(3)20-14/h4-6,8-9H,1-3H3. The second-order valence-electron chi connectivity index (χ2n) is 4.96. The molecule has 1 aromatic carbocycles. The van der Waals surface area contributed by atoms with Crippen molar-refractivity contribution in [1.82, 2.24) is 14.5 Å². The van der Waals surface area contributed by atoms with Crippen LogP contribution in [0.15, 0.2) is 24.4 Å². The highest BCUT2D eigenvalue weighted by Crippen LogP contribution is 2.31. The Labute approximate surface area is 121 Å². The first-order chi connectivity index (χ1) is 9.60. The van der Waals surface area contributed by atoms with E-state index in [2.05, 4.69) is 29.5 Å². The minimum atomic E-state index is 0.297. The summed E-state index contributed by atoms with van der Waals surface area (Å²) in [5.74, 6) is 0.927. The maximum atomic E-state index is 9.01.